The summed E-state index contributed by atoms with van der Waals surface area (Å²) in [4.78, 5) is 0. The molecule has 0 saturated carbocycles. The molecule has 0 aliphatic heterocycles. The van der Waals surface area contributed by atoms with Crippen LogP contribution in [0, 0.1) is 5.82 Å². The lowest BCUT2D eigenvalue weighted by Crippen LogP contribution is -2.28. The number of hydrogen-bond acceptors (Lipinski definition) is 3. The zero-order chi connectivity index (χ0) is 13.0. The number of rotatable bonds is 5. The second-order valence-corrected chi connectivity index (χ2v) is 4.35. The summed E-state index contributed by atoms with van der Waals surface area (Å²) in [6.45, 7) is 3.39. The van der Waals surface area contributed by atoms with Crippen molar-refractivity contribution in [1.82, 2.24) is 0 Å². The van der Waals surface area contributed by atoms with Crippen LogP contribution in [0.15, 0.2) is 18.2 Å². The first-order chi connectivity index (χ1) is 7.97. The number of aliphatic hydroxyl groups is 1. The van der Waals surface area contributed by atoms with Crippen LogP contribution in [-0.2, 0) is 4.74 Å². The van der Waals surface area contributed by atoms with E-state index in [0.29, 0.717) is 0 Å². The predicted molar refractivity (Wildman–Crippen MR) is 65.4 cm³/mol. The third-order valence-electron chi connectivity index (χ3n) is 2.59. The van der Waals surface area contributed by atoms with E-state index in [1.54, 1.807) is 19.9 Å². The highest BCUT2D eigenvalue weighted by Gasteiger charge is 2.22. The molecule has 3 N–H and O–H groups in total. The van der Waals surface area contributed by atoms with E-state index in [1.807, 2.05) is 0 Å². The molecule has 3 nitrogen and oxygen atoms in total. The van der Waals surface area contributed by atoms with Crippen molar-refractivity contribution >= 4 is 11.6 Å². The van der Waals surface area contributed by atoms with Crippen molar-refractivity contribution in [3.63, 3.8) is 0 Å². The van der Waals surface area contributed by atoms with Gasteiger partial charge in [0.15, 0.2) is 0 Å². The predicted octanol–water partition coefficient (Wildman–Crippen LogP) is 2.26. The minimum atomic E-state index is -0.659. The molecule has 0 aliphatic rings. The number of hydrogen-bond donors (Lipinski definition) is 2. The highest BCUT2D eigenvalue weighted by atomic mass is 35.5. The van der Waals surface area contributed by atoms with Gasteiger partial charge in [-0.3, -0.25) is 0 Å². The van der Waals surface area contributed by atoms with Gasteiger partial charge < -0.3 is 15.6 Å². The molecule has 3 unspecified atom stereocenters. The van der Waals surface area contributed by atoms with Crippen molar-refractivity contribution in [2.24, 2.45) is 5.73 Å². The summed E-state index contributed by atoms with van der Waals surface area (Å²) in [6.07, 6.45) is -1.76. The Morgan fingerprint density at radius 1 is 1.47 bits per heavy atom. The zero-order valence-electron chi connectivity index (χ0n) is 9.86. The molecular weight excluding hydrogens is 245 g/mol. The van der Waals surface area contributed by atoms with Crippen LogP contribution >= 0.6 is 11.6 Å². The van der Waals surface area contributed by atoms with Gasteiger partial charge >= 0.3 is 0 Å². The quantitative estimate of drug-likeness (QED) is 0.855. The molecule has 3 atom stereocenters. The average Bonchev–Trinajstić information content (AvgIpc) is 2.26. The molecule has 5 heteroatoms. The Hall–Kier alpha value is -0.680. The molecule has 1 rings (SSSR count). The molecule has 0 radical (unpaired) electrons. The minimum Gasteiger partial charge on any atom is -0.391 e. The number of benzene rings is 1. The Bertz CT molecular complexity index is 353. The van der Waals surface area contributed by atoms with Crippen molar-refractivity contribution in [3.05, 3.63) is 34.6 Å². The molecule has 0 saturated heterocycles. The maximum atomic E-state index is 13.7. The van der Waals surface area contributed by atoms with Crippen molar-refractivity contribution in [3.8, 4) is 0 Å². The summed E-state index contributed by atoms with van der Waals surface area (Å²) < 4.78 is 19.2. The smallest absolute Gasteiger partial charge is 0.130 e. The maximum absolute atomic E-state index is 13.7. The lowest BCUT2D eigenvalue weighted by Gasteiger charge is -2.24. The van der Waals surface area contributed by atoms with Crippen LogP contribution in [-0.4, -0.2) is 23.9 Å². The van der Waals surface area contributed by atoms with Gasteiger partial charge in [-0.25, -0.2) is 4.39 Å². The molecule has 0 aromatic heterocycles. The van der Waals surface area contributed by atoms with E-state index in [2.05, 4.69) is 0 Å². The van der Waals surface area contributed by atoms with E-state index in [4.69, 9.17) is 22.1 Å². The molecule has 0 fully saturated rings. The van der Waals surface area contributed by atoms with Crippen LogP contribution in [0.25, 0.3) is 0 Å². The molecule has 17 heavy (non-hydrogen) atoms. The number of aliphatic hydroxyl groups excluding tert-OH is 1. The van der Waals surface area contributed by atoms with Gasteiger partial charge in [0.05, 0.1) is 18.3 Å². The molecular formula is C12H17ClFNO2. The molecule has 0 spiro atoms. The van der Waals surface area contributed by atoms with E-state index < -0.39 is 24.1 Å². The number of halogens is 2. The minimum absolute atomic E-state index is 0.0950. The summed E-state index contributed by atoms with van der Waals surface area (Å²) in [5.74, 6) is -0.453. The normalized spacial score (nSPS) is 16.6. The van der Waals surface area contributed by atoms with Crippen LogP contribution in [0.2, 0.25) is 5.02 Å². The second kappa shape index (κ2) is 6.31. The molecule has 1 aromatic rings. The van der Waals surface area contributed by atoms with Crippen molar-refractivity contribution in [2.75, 3.05) is 6.54 Å². The van der Waals surface area contributed by atoms with Crippen molar-refractivity contribution < 1.29 is 14.2 Å². The van der Waals surface area contributed by atoms with E-state index in [9.17, 15) is 9.50 Å². The van der Waals surface area contributed by atoms with Crippen LogP contribution in [0.3, 0.4) is 0 Å². The fourth-order valence-electron chi connectivity index (χ4n) is 1.43. The zero-order valence-corrected chi connectivity index (χ0v) is 10.6. The van der Waals surface area contributed by atoms with Crippen LogP contribution < -0.4 is 5.73 Å². The highest BCUT2D eigenvalue weighted by Crippen LogP contribution is 2.28. The summed E-state index contributed by atoms with van der Waals surface area (Å²) in [6, 6.07) is 4.41. The van der Waals surface area contributed by atoms with Gasteiger partial charge in [-0.1, -0.05) is 17.7 Å². The van der Waals surface area contributed by atoms with Crippen LogP contribution in [0.5, 0.6) is 0 Å². The lowest BCUT2D eigenvalue weighted by atomic mass is 10.1. The molecule has 0 heterocycles. The Labute approximate surface area is 105 Å². The number of ether oxygens (including phenoxy) is 1. The molecule has 0 amide bonds. The Kier molecular flexibility index (Phi) is 5.33. The Morgan fingerprint density at radius 2 is 2.12 bits per heavy atom. The van der Waals surface area contributed by atoms with Gasteiger partial charge in [-0.05, 0) is 26.0 Å². The number of nitrogens with two attached hydrogens (primary N) is 1. The van der Waals surface area contributed by atoms with Gasteiger partial charge in [0.2, 0.25) is 0 Å². The van der Waals surface area contributed by atoms with Gasteiger partial charge in [0, 0.05) is 17.1 Å². The van der Waals surface area contributed by atoms with E-state index in [0.717, 1.165) is 0 Å². The first-order valence-electron chi connectivity index (χ1n) is 5.44. The third kappa shape index (κ3) is 3.64. The van der Waals surface area contributed by atoms with Gasteiger partial charge in [-0.2, -0.15) is 0 Å². The average molecular weight is 262 g/mol. The largest absolute Gasteiger partial charge is 0.391 e. The standard InChI is InChI=1S/C12H17ClFNO2/c1-7(16)8(2)17-11(6-15)12-9(13)4-3-5-10(12)14/h3-5,7-8,11,16H,6,15H2,1-2H3. The highest BCUT2D eigenvalue weighted by molar-refractivity contribution is 6.31. The molecule has 96 valence electrons. The maximum Gasteiger partial charge on any atom is 0.130 e. The van der Waals surface area contributed by atoms with E-state index >= 15 is 0 Å². The summed E-state index contributed by atoms with van der Waals surface area (Å²) in [7, 11) is 0. The van der Waals surface area contributed by atoms with Gasteiger partial charge in [0.25, 0.3) is 0 Å². The molecule has 0 aliphatic carbocycles. The van der Waals surface area contributed by atoms with Crippen molar-refractivity contribution in [2.45, 2.75) is 32.2 Å². The SMILES string of the molecule is CC(O)C(C)OC(CN)c1c(F)cccc1Cl. The van der Waals surface area contributed by atoms with Crippen molar-refractivity contribution in [1.29, 1.82) is 0 Å². The topological polar surface area (TPSA) is 55.5 Å². The van der Waals surface area contributed by atoms with E-state index in [1.165, 1.54) is 12.1 Å². The Balaban J connectivity index is 2.94. The summed E-state index contributed by atoms with van der Waals surface area (Å²) in [5, 5.41) is 9.63. The van der Waals surface area contributed by atoms with E-state index in [-0.39, 0.29) is 17.1 Å². The van der Waals surface area contributed by atoms with Crippen LogP contribution in [0.1, 0.15) is 25.5 Å². The molecule has 0 bridgehead atoms. The fourth-order valence-corrected chi connectivity index (χ4v) is 1.72. The summed E-state index contributed by atoms with van der Waals surface area (Å²) >= 11 is 5.93. The second-order valence-electron chi connectivity index (χ2n) is 3.94. The first-order valence-corrected chi connectivity index (χ1v) is 5.82. The van der Waals surface area contributed by atoms with Crippen LogP contribution in [0.4, 0.5) is 4.39 Å². The molecule has 1 aromatic carbocycles. The fraction of sp³-hybridized carbons (Fsp3) is 0.500. The van der Waals surface area contributed by atoms with Gasteiger partial charge in [-0.15, -0.1) is 0 Å². The monoisotopic (exact) mass is 261 g/mol. The lowest BCUT2D eigenvalue weighted by molar-refractivity contribution is -0.0601. The third-order valence-corrected chi connectivity index (χ3v) is 2.92. The van der Waals surface area contributed by atoms with Gasteiger partial charge in [0.1, 0.15) is 5.82 Å². The summed E-state index contributed by atoms with van der Waals surface area (Å²) in [5.41, 5.74) is 5.80. The first kappa shape index (κ1) is 14.4. The Morgan fingerprint density at radius 3 is 2.59 bits per heavy atom.